The second kappa shape index (κ2) is 9.67. The number of carbonyl (C=O) groups excluding carboxylic acids is 1. The summed E-state index contributed by atoms with van der Waals surface area (Å²) in [6.07, 6.45) is 5.38. The van der Waals surface area contributed by atoms with Crippen LogP contribution in [0.4, 0.5) is 4.79 Å². The topological polar surface area (TPSA) is 74.6 Å². The molecule has 0 aliphatic carbocycles. The molecule has 1 heterocycles. The molecule has 0 aromatic carbocycles. The van der Waals surface area contributed by atoms with Crippen LogP contribution in [0.2, 0.25) is 6.04 Å². The molecule has 0 aliphatic heterocycles. The van der Waals surface area contributed by atoms with Gasteiger partial charge in [0.15, 0.2) is 0 Å². The van der Waals surface area contributed by atoms with Gasteiger partial charge in [-0.25, -0.2) is 9.78 Å². The number of hydrogen-bond acceptors (Lipinski definition) is 5. The van der Waals surface area contributed by atoms with Crippen molar-refractivity contribution in [3.05, 3.63) is 18.7 Å². The number of nitrogens with zero attached hydrogens (tertiary/aromatic N) is 2. The lowest BCUT2D eigenvalue weighted by Gasteiger charge is -2.28. The molecule has 1 aromatic rings. The summed E-state index contributed by atoms with van der Waals surface area (Å²) < 4.78 is 18.7. The monoisotopic (exact) mass is 315 g/mol. The van der Waals surface area contributed by atoms with Crippen LogP contribution < -0.4 is 5.32 Å². The Morgan fingerprint density at radius 2 is 1.81 bits per heavy atom. The fourth-order valence-corrected chi connectivity index (χ4v) is 4.58. The van der Waals surface area contributed by atoms with Gasteiger partial charge in [-0.3, -0.25) is 4.57 Å². The van der Waals surface area contributed by atoms with Gasteiger partial charge in [0.25, 0.3) is 0 Å². The largest absolute Gasteiger partial charge is 0.500 e. The third-order valence-electron chi connectivity index (χ3n) is 2.77. The predicted molar refractivity (Wildman–Crippen MR) is 81.1 cm³/mol. The van der Waals surface area contributed by atoms with Crippen LogP contribution >= 0.6 is 0 Å². The Morgan fingerprint density at radius 3 is 2.29 bits per heavy atom. The molecule has 0 fully saturated rings. The van der Waals surface area contributed by atoms with E-state index in [2.05, 4.69) is 10.3 Å². The minimum absolute atomic E-state index is 0.191. The van der Waals surface area contributed by atoms with Crippen molar-refractivity contribution in [1.29, 1.82) is 0 Å². The molecule has 0 spiro atoms. The highest BCUT2D eigenvalue weighted by Crippen LogP contribution is 2.17. The van der Waals surface area contributed by atoms with E-state index in [1.54, 1.807) is 12.4 Å². The van der Waals surface area contributed by atoms with Crippen LogP contribution in [0, 0.1) is 0 Å². The lowest BCUT2D eigenvalue weighted by atomic mass is 10.5. The van der Waals surface area contributed by atoms with Crippen LogP contribution in [0.1, 0.15) is 27.2 Å². The molecule has 0 aliphatic rings. The van der Waals surface area contributed by atoms with E-state index in [0.717, 1.165) is 6.42 Å². The second-order valence-electron chi connectivity index (χ2n) is 4.29. The van der Waals surface area contributed by atoms with Crippen molar-refractivity contribution in [3.8, 4) is 0 Å². The zero-order valence-electron chi connectivity index (χ0n) is 13.0. The number of nitrogens with one attached hydrogen (secondary N) is 1. The van der Waals surface area contributed by atoms with Crippen molar-refractivity contribution in [2.75, 3.05) is 26.4 Å². The minimum atomic E-state index is -2.60. The van der Waals surface area contributed by atoms with Gasteiger partial charge < -0.3 is 18.6 Å². The van der Waals surface area contributed by atoms with Gasteiger partial charge in [0, 0.05) is 44.8 Å². The highest BCUT2D eigenvalue weighted by atomic mass is 28.4. The summed E-state index contributed by atoms with van der Waals surface area (Å²) in [5.74, 6) is 0. The van der Waals surface area contributed by atoms with Crippen molar-refractivity contribution in [1.82, 2.24) is 14.9 Å². The zero-order chi connectivity index (χ0) is 15.6. The molecule has 0 radical (unpaired) electrons. The molecule has 0 atom stereocenters. The van der Waals surface area contributed by atoms with Crippen molar-refractivity contribution >= 4 is 14.8 Å². The van der Waals surface area contributed by atoms with E-state index in [4.69, 9.17) is 13.3 Å². The van der Waals surface area contributed by atoms with E-state index in [1.807, 2.05) is 20.8 Å². The molecule has 1 aromatic heterocycles. The third kappa shape index (κ3) is 5.96. The number of rotatable bonds is 10. The van der Waals surface area contributed by atoms with Gasteiger partial charge in [-0.05, 0) is 27.2 Å². The van der Waals surface area contributed by atoms with Gasteiger partial charge in [-0.15, -0.1) is 0 Å². The van der Waals surface area contributed by atoms with Crippen LogP contribution in [0.3, 0.4) is 0 Å². The molecule has 0 bridgehead atoms. The average Bonchev–Trinajstić information content (AvgIpc) is 2.98. The van der Waals surface area contributed by atoms with Crippen molar-refractivity contribution < 1.29 is 18.1 Å². The summed E-state index contributed by atoms with van der Waals surface area (Å²) >= 11 is 0. The van der Waals surface area contributed by atoms with Gasteiger partial charge >= 0.3 is 14.8 Å². The van der Waals surface area contributed by atoms with Crippen molar-refractivity contribution in [2.45, 2.75) is 33.2 Å². The summed E-state index contributed by atoms with van der Waals surface area (Å²) in [5.41, 5.74) is 0. The lowest BCUT2D eigenvalue weighted by Crippen LogP contribution is -2.46. The maximum atomic E-state index is 11.7. The smallest absolute Gasteiger partial charge is 0.374 e. The number of hydrogen-bond donors (Lipinski definition) is 1. The van der Waals surface area contributed by atoms with Crippen molar-refractivity contribution in [3.63, 3.8) is 0 Å². The normalized spacial score (nSPS) is 11.6. The molecule has 1 rings (SSSR count). The van der Waals surface area contributed by atoms with E-state index in [1.165, 1.54) is 10.9 Å². The van der Waals surface area contributed by atoms with Crippen molar-refractivity contribution in [2.24, 2.45) is 0 Å². The highest BCUT2D eigenvalue weighted by Gasteiger charge is 2.39. The Labute approximate surface area is 127 Å². The Morgan fingerprint density at radius 1 is 1.19 bits per heavy atom. The minimum Gasteiger partial charge on any atom is -0.374 e. The van der Waals surface area contributed by atoms with Gasteiger partial charge in [0.05, 0.1) is 0 Å². The molecule has 8 heteroatoms. The number of amides is 1. The SMILES string of the molecule is CCO[Si](CCCNC(=O)n1ccnc1)(OCC)OCC. The molecule has 0 saturated carbocycles. The van der Waals surface area contributed by atoms with E-state index in [-0.39, 0.29) is 6.03 Å². The summed E-state index contributed by atoms with van der Waals surface area (Å²) in [5, 5.41) is 2.82. The molecule has 1 amide bonds. The quantitative estimate of drug-likeness (QED) is 0.527. The van der Waals surface area contributed by atoms with Crippen LogP contribution in [0.25, 0.3) is 0 Å². The Hall–Kier alpha value is -1.22. The second-order valence-corrected chi connectivity index (χ2v) is 7.02. The standard InChI is InChI=1S/C13H25N3O4Si/c1-4-18-21(19-5-2,20-6-3)11-7-8-15-13(17)16-10-9-14-12-16/h9-10,12H,4-8,11H2,1-3H3,(H,15,17). The summed E-state index contributed by atoms with van der Waals surface area (Å²) in [6, 6.07) is 0.496. The zero-order valence-corrected chi connectivity index (χ0v) is 14.0. The molecular formula is C13H25N3O4Si. The van der Waals surface area contributed by atoms with Gasteiger partial charge in [-0.2, -0.15) is 0 Å². The van der Waals surface area contributed by atoms with Crippen LogP contribution in [-0.4, -0.2) is 50.8 Å². The van der Waals surface area contributed by atoms with Gasteiger partial charge in [0.2, 0.25) is 0 Å². The summed E-state index contributed by atoms with van der Waals surface area (Å²) in [4.78, 5) is 15.6. The number of carbonyl (C=O) groups is 1. The van der Waals surface area contributed by atoms with Gasteiger partial charge in [-0.1, -0.05) is 0 Å². The first kappa shape index (κ1) is 17.8. The molecular weight excluding hydrogens is 290 g/mol. The fraction of sp³-hybridized carbons (Fsp3) is 0.692. The predicted octanol–water partition coefficient (Wildman–Crippen LogP) is 1.88. The van der Waals surface area contributed by atoms with E-state index < -0.39 is 8.80 Å². The molecule has 7 nitrogen and oxygen atoms in total. The van der Waals surface area contributed by atoms with Crippen LogP contribution in [-0.2, 0) is 13.3 Å². The third-order valence-corrected chi connectivity index (χ3v) is 5.92. The van der Waals surface area contributed by atoms with E-state index >= 15 is 0 Å². The van der Waals surface area contributed by atoms with Crippen LogP contribution in [0.5, 0.6) is 0 Å². The molecule has 21 heavy (non-hydrogen) atoms. The first-order valence-corrected chi connectivity index (χ1v) is 9.28. The lowest BCUT2D eigenvalue weighted by molar-refractivity contribution is 0.0708. The summed E-state index contributed by atoms with van der Waals surface area (Å²) in [6.45, 7) is 8.02. The summed E-state index contributed by atoms with van der Waals surface area (Å²) in [7, 11) is -2.60. The number of aromatic nitrogens is 2. The first-order chi connectivity index (χ1) is 10.2. The molecule has 0 unspecified atom stereocenters. The fourth-order valence-electron chi connectivity index (χ4n) is 1.97. The van der Waals surface area contributed by atoms with Gasteiger partial charge in [0.1, 0.15) is 6.33 Å². The Bertz CT molecular complexity index is 383. The maximum Gasteiger partial charge on any atom is 0.500 e. The molecule has 1 N–H and O–H groups in total. The average molecular weight is 315 g/mol. The highest BCUT2D eigenvalue weighted by molar-refractivity contribution is 6.60. The Balaban J connectivity index is 2.40. The molecule has 120 valence electrons. The van der Waals surface area contributed by atoms with E-state index in [0.29, 0.717) is 32.4 Å². The molecule has 0 saturated heterocycles. The van der Waals surface area contributed by atoms with Crippen LogP contribution in [0.15, 0.2) is 18.7 Å². The Kier molecular flexibility index (Phi) is 8.21. The maximum absolute atomic E-state index is 11.7. The number of imidazole rings is 1. The van der Waals surface area contributed by atoms with E-state index in [9.17, 15) is 4.79 Å². The first-order valence-electron chi connectivity index (χ1n) is 7.35.